The van der Waals surface area contributed by atoms with Gasteiger partial charge in [0.1, 0.15) is 0 Å². The van der Waals surface area contributed by atoms with Gasteiger partial charge in [-0.1, -0.05) is 36.4 Å². The smallest absolute Gasteiger partial charge is 0.278 e. The summed E-state index contributed by atoms with van der Waals surface area (Å²) < 4.78 is 28.6. The summed E-state index contributed by atoms with van der Waals surface area (Å²) in [5, 5.41) is 11.3. The molecule has 0 atom stereocenters. The second kappa shape index (κ2) is 8.87. The van der Waals surface area contributed by atoms with Crippen LogP contribution in [-0.4, -0.2) is 29.3 Å². The summed E-state index contributed by atoms with van der Waals surface area (Å²) in [6, 6.07) is 21.1. The summed E-state index contributed by atoms with van der Waals surface area (Å²) in [4.78, 5) is 14.3. The lowest BCUT2D eigenvalue weighted by molar-refractivity contribution is 0.102. The molecule has 9 heteroatoms. The maximum atomic E-state index is 13.0. The number of nitrogens with one attached hydrogen (secondary N) is 2. The van der Waals surface area contributed by atoms with Crippen molar-refractivity contribution in [2.75, 3.05) is 10.0 Å². The lowest BCUT2D eigenvalue weighted by Crippen LogP contribution is -2.17. The highest BCUT2D eigenvalue weighted by molar-refractivity contribution is 7.92. The molecule has 2 N–H and O–H groups in total. The molecule has 0 unspecified atom stereocenters. The predicted octanol–water partition coefficient (Wildman–Crippen LogP) is 4.25. The number of benzene rings is 3. The van der Waals surface area contributed by atoms with Crippen molar-refractivity contribution in [1.82, 2.24) is 15.0 Å². The number of sulfonamides is 1. The van der Waals surface area contributed by atoms with Gasteiger partial charge in [-0.15, -0.1) is 5.10 Å². The Balaban J connectivity index is 1.58. The minimum absolute atomic E-state index is 0.0754. The molecule has 33 heavy (non-hydrogen) atoms. The van der Waals surface area contributed by atoms with Gasteiger partial charge in [0.05, 0.1) is 16.3 Å². The molecular formula is C24H23N5O3S. The number of carbonyl (C=O) groups excluding carboxylic acids is 1. The largest absolute Gasteiger partial charge is 0.320 e. The molecule has 0 aliphatic heterocycles. The van der Waals surface area contributed by atoms with Gasteiger partial charge >= 0.3 is 0 Å². The van der Waals surface area contributed by atoms with Crippen LogP contribution in [0.15, 0.2) is 77.7 Å². The van der Waals surface area contributed by atoms with Gasteiger partial charge in [-0.3, -0.25) is 9.52 Å². The Hall–Kier alpha value is -3.98. The first-order chi connectivity index (χ1) is 15.7. The highest BCUT2D eigenvalue weighted by atomic mass is 32.2. The van der Waals surface area contributed by atoms with Crippen LogP contribution in [0.1, 0.15) is 27.3 Å². The minimum atomic E-state index is -3.86. The number of nitrogens with zero attached hydrogens (tertiary/aromatic N) is 3. The summed E-state index contributed by atoms with van der Waals surface area (Å²) in [6.07, 6.45) is 0. The summed E-state index contributed by atoms with van der Waals surface area (Å²) in [6.45, 7) is 5.28. The fraction of sp³-hybridized carbons (Fsp3) is 0.125. The Morgan fingerprint density at radius 1 is 0.848 bits per heavy atom. The molecule has 0 fully saturated rings. The van der Waals surface area contributed by atoms with Crippen molar-refractivity contribution < 1.29 is 13.2 Å². The lowest BCUT2D eigenvalue weighted by atomic mass is 10.2. The van der Waals surface area contributed by atoms with E-state index in [1.165, 1.54) is 10.9 Å². The molecule has 0 saturated carbocycles. The molecule has 4 aromatic rings. The van der Waals surface area contributed by atoms with Crippen LogP contribution in [-0.2, 0) is 10.0 Å². The van der Waals surface area contributed by atoms with Crippen molar-refractivity contribution in [3.63, 3.8) is 0 Å². The van der Waals surface area contributed by atoms with E-state index >= 15 is 0 Å². The average molecular weight is 462 g/mol. The number of hydrogen-bond donors (Lipinski definition) is 2. The SMILES string of the molecule is Cc1cccc(NS(=O)(=O)c2cc(NC(=O)c3nn(-c4ccccc4)nc3C)ccc2C)c1. The van der Waals surface area contributed by atoms with Gasteiger partial charge in [0, 0.05) is 11.4 Å². The van der Waals surface area contributed by atoms with Crippen LogP contribution < -0.4 is 10.0 Å². The number of aromatic nitrogens is 3. The summed E-state index contributed by atoms with van der Waals surface area (Å²) in [7, 11) is -3.86. The number of para-hydroxylation sites is 1. The van der Waals surface area contributed by atoms with E-state index in [0.717, 1.165) is 11.3 Å². The van der Waals surface area contributed by atoms with E-state index in [4.69, 9.17) is 0 Å². The molecule has 0 bridgehead atoms. The van der Waals surface area contributed by atoms with Crippen LogP contribution >= 0.6 is 0 Å². The fourth-order valence-electron chi connectivity index (χ4n) is 3.34. The monoisotopic (exact) mass is 461 g/mol. The maximum Gasteiger partial charge on any atom is 0.278 e. The number of hydrogen-bond acceptors (Lipinski definition) is 5. The minimum Gasteiger partial charge on any atom is -0.320 e. The third kappa shape index (κ3) is 4.93. The Kier molecular flexibility index (Phi) is 5.97. The van der Waals surface area contributed by atoms with E-state index in [0.29, 0.717) is 22.6 Å². The van der Waals surface area contributed by atoms with E-state index in [1.54, 1.807) is 44.2 Å². The second-order valence-corrected chi connectivity index (χ2v) is 9.32. The number of aryl methyl sites for hydroxylation is 3. The third-order valence-electron chi connectivity index (χ3n) is 4.99. The van der Waals surface area contributed by atoms with Crippen LogP contribution in [0.5, 0.6) is 0 Å². The second-order valence-electron chi connectivity index (χ2n) is 7.67. The van der Waals surface area contributed by atoms with E-state index in [9.17, 15) is 13.2 Å². The molecule has 0 radical (unpaired) electrons. The van der Waals surface area contributed by atoms with Crippen LogP contribution in [0.4, 0.5) is 11.4 Å². The van der Waals surface area contributed by atoms with Crippen molar-refractivity contribution in [1.29, 1.82) is 0 Å². The highest BCUT2D eigenvalue weighted by Gasteiger charge is 2.20. The Labute approximate surface area is 192 Å². The van der Waals surface area contributed by atoms with Crippen LogP contribution in [0, 0.1) is 20.8 Å². The highest BCUT2D eigenvalue weighted by Crippen LogP contribution is 2.24. The van der Waals surface area contributed by atoms with E-state index in [-0.39, 0.29) is 10.6 Å². The molecule has 4 rings (SSSR count). The standard InChI is InChI=1S/C24H23N5O3S/c1-16-8-7-9-20(14-16)28-33(31,32)22-15-19(13-12-17(22)2)25-24(30)23-18(3)26-29(27-23)21-10-5-4-6-11-21/h4-15,28H,1-3H3,(H,25,30). The first-order valence-corrected chi connectivity index (χ1v) is 11.7. The van der Waals surface area contributed by atoms with Gasteiger partial charge < -0.3 is 5.32 Å². The zero-order chi connectivity index (χ0) is 23.6. The normalized spacial score (nSPS) is 11.2. The molecule has 1 amide bonds. The number of carbonyl (C=O) groups is 1. The molecule has 0 saturated heterocycles. The van der Waals surface area contributed by atoms with Gasteiger partial charge in [0.25, 0.3) is 15.9 Å². The van der Waals surface area contributed by atoms with Crippen molar-refractivity contribution in [3.05, 3.63) is 95.3 Å². The number of anilines is 2. The zero-order valence-corrected chi connectivity index (χ0v) is 19.2. The Morgan fingerprint density at radius 3 is 2.33 bits per heavy atom. The van der Waals surface area contributed by atoms with E-state index < -0.39 is 15.9 Å². The molecule has 1 aromatic heterocycles. The van der Waals surface area contributed by atoms with Gasteiger partial charge in [-0.05, 0) is 68.3 Å². The Bertz CT molecular complexity index is 1430. The van der Waals surface area contributed by atoms with Crippen LogP contribution in [0.2, 0.25) is 0 Å². The zero-order valence-electron chi connectivity index (χ0n) is 18.4. The molecule has 0 spiro atoms. The third-order valence-corrected chi connectivity index (χ3v) is 6.51. The fourth-order valence-corrected chi connectivity index (χ4v) is 4.66. The summed E-state index contributed by atoms with van der Waals surface area (Å²) in [5.41, 5.74) is 3.64. The van der Waals surface area contributed by atoms with Gasteiger partial charge in [-0.25, -0.2) is 8.42 Å². The Morgan fingerprint density at radius 2 is 1.61 bits per heavy atom. The van der Waals surface area contributed by atoms with Gasteiger partial charge in [-0.2, -0.15) is 9.90 Å². The van der Waals surface area contributed by atoms with Crippen molar-refractivity contribution in [3.8, 4) is 5.69 Å². The first-order valence-electron chi connectivity index (χ1n) is 10.2. The molecule has 3 aromatic carbocycles. The molecular weight excluding hydrogens is 438 g/mol. The van der Waals surface area contributed by atoms with E-state index in [2.05, 4.69) is 20.2 Å². The van der Waals surface area contributed by atoms with Crippen molar-refractivity contribution in [2.45, 2.75) is 25.7 Å². The van der Waals surface area contributed by atoms with Gasteiger partial charge in [0.15, 0.2) is 5.69 Å². The lowest BCUT2D eigenvalue weighted by Gasteiger charge is -2.13. The molecule has 8 nitrogen and oxygen atoms in total. The van der Waals surface area contributed by atoms with E-state index in [1.807, 2.05) is 43.3 Å². The van der Waals surface area contributed by atoms with Crippen molar-refractivity contribution >= 4 is 27.3 Å². The topological polar surface area (TPSA) is 106 Å². The quantitative estimate of drug-likeness (QED) is 0.447. The summed E-state index contributed by atoms with van der Waals surface area (Å²) in [5.74, 6) is -0.478. The maximum absolute atomic E-state index is 13.0. The predicted molar refractivity (Wildman–Crippen MR) is 127 cm³/mol. The first kappa shape index (κ1) is 22.2. The number of amides is 1. The molecule has 0 aliphatic carbocycles. The molecule has 1 heterocycles. The van der Waals surface area contributed by atoms with Gasteiger partial charge in [0.2, 0.25) is 0 Å². The average Bonchev–Trinajstić information content (AvgIpc) is 3.17. The summed E-state index contributed by atoms with van der Waals surface area (Å²) >= 11 is 0. The van der Waals surface area contributed by atoms with Crippen molar-refractivity contribution in [2.24, 2.45) is 0 Å². The number of rotatable bonds is 6. The van der Waals surface area contributed by atoms with Crippen LogP contribution in [0.3, 0.4) is 0 Å². The van der Waals surface area contributed by atoms with Crippen LogP contribution in [0.25, 0.3) is 5.69 Å². The molecule has 168 valence electrons. The molecule has 0 aliphatic rings.